The molecule has 0 saturated heterocycles. The largest absolute Gasteiger partial charge is 0.445 e. The summed E-state index contributed by atoms with van der Waals surface area (Å²) in [5.74, 6) is 0.492. The van der Waals surface area contributed by atoms with Crippen molar-refractivity contribution >= 4 is 34.7 Å². The maximum absolute atomic E-state index is 10.5. The predicted molar refractivity (Wildman–Crippen MR) is 60.0 cm³/mol. The Bertz CT molecular complexity index is 369. The van der Waals surface area contributed by atoms with Crippen LogP contribution in [0, 0.1) is 26.0 Å². The molecule has 0 amide bonds. The fraction of sp³-hybridized carbons (Fsp3) is 0.125. The van der Waals surface area contributed by atoms with Crippen LogP contribution in [-0.2, 0) is 0 Å². The number of aryl methyl sites for hydroxylation is 1. The van der Waals surface area contributed by atoms with Gasteiger partial charge >= 0.3 is 0 Å². The van der Waals surface area contributed by atoms with Crippen LogP contribution in [0.15, 0.2) is 12.1 Å². The SMILES string of the molecule is Cc1cc([N+](=O)[O-])cc(I)c1OC=N. The van der Waals surface area contributed by atoms with Gasteiger partial charge < -0.3 is 4.74 Å². The van der Waals surface area contributed by atoms with E-state index in [0.29, 0.717) is 14.9 Å². The lowest BCUT2D eigenvalue weighted by Gasteiger charge is -2.05. The van der Waals surface area contributed by atoms with Gasteiger partial charge in [0.05, 0.1) is 8.49 Å². The number of halogens is 1. The van der Waals surface area contributed by atoms with Crippen molar-refractivity contribution in [2.24, 2.45) is 0 Å². The highest BCUT2D eigenvalue weighted by atomic mass is 127. The Kier molecular flexibility index (Phi) is 3.39. The number of non-ortho nitro benzene ring substituents is 1. The summed E-state index contributed by atoms with van der Waals surface area (Å²) >= 11 is 1.94. The van der Waals surface area contributed by atoms with Crippen LogP contribution in [0.25, 0.3) is 0 Å². The Morgan fingerprint density at radius 2 is 2.29 bits per heavy atom. The van der Waals surface area contributed by atoms with Crippen molar-refractivity contribution in [1.82, 2.24) is 0 Å². The quantitative estimate of drug-likeness (QED) is 0.306. The zero-order chi connectivity index (χ0) is 10.7. The van der Waals surface area contributed by atoms with E-state index < -0.39 is 4.92 Å². The van der Waals surface area contributed by atoms with Gasteiger partial charge in [-0.25, -0.2) is 0 Å². The number of nitrogens with zero attached hydrogens (tertiary/aromatic N) is 1. The molecule has 0 aliphatic rings. The van der Waals surface area contributed by atoms with Crippen LogP contribution >= 0.6 is 22.6 Å². The molecule has 0 unspecified atom stereocenters. The molecule has 0 radical (unpaired) electrons. The molecule has 14 heavy (non-hydrogen) atoms. The van der Waals surface area contributed by atoms with E-state index in [1.54, 1.807) is 6.92 Å². The molecule has 0 aliphatic carbocycles. The molecule has 1 aromatic carbocycles. The molecule has 6 heteroatoms. The fourth-order valence-electron chi connectivity index (χ4n) is 1.03. The number of hydrogen-bond acceptors (Lipinski definition) is 4. The van der Waals surface area contributed by atoms with Crippen molar-refractivity contribution < 1.29 is 9.66 Å². The summed E-state index contributed by atoms with van der Waals surface area (Å²) < 4.78 is 5.54. The van der Waals surface area contributed by atoms with Gasteiger partial charge in [0, 0.05) is 12.1 Å². The van der Waals surface area contributed by atoms with Crippen LogP contribution in [0.2, 0.25) is 0 Å². The number of benzene rings is 1. The highest BCUT2D eigenvalue weighted by Gasteiger charge is 2.13. The third kappa shape index (κ3) is 2.19. The highest BCUT2D eigenvalue weighted by molar-refractivity contribution is 14.1. The summed E-state index contributed by atoms with van der Waals surface area (Å²) in [6.45, 7) is 1.70. The molecule has 1 aromatic rings. The lowest BCUT2D eigenvalue weighted by atomic mass is 10.2. The minimum Gasteiger partial charge on any atom is -0.445 e. The molecular formula is C8H7IN2O3. The average molecular weight is 306 g/mol. The standard InChI is InChI=1S/C8H7IN2O3/c1-5-2-6(11(12)13)3-7(9)8(5)14-4-10/h2-4,10H,1H3. The van der Waals surface area contributed by atoms with Crippen molar-refractivity contribution in [2.45, 2.75) is 6.92 Å². The van der Waals surface area contributed by atoms with Crippen molar-refractivity contribution in [3.05, 3.63) is 31.4 Å². The molecule has 0 fully saturated rings. The van der Waals surface area contributed by atoms with Crippen LogP contribution < -0.4 is 4.74 Å². The van der Waals surface area contributed by atoms with Crippen molar-refractivity contribution in [2.75, 3.05) is 0 Å². The van der Waals surface area contributed by atoms with E-state index in [4.69, 9.17) is 10.1 Å². The number of nitro groups is 1. The van der Waals surface area contributed by atoms with Crippen LogP contribution in [0.4, 0.5) is 5.69 Å². The van der Waals surface area contributed by atoms with Gasteiger partial charge in [-0.1, -0.05) is 0 Å². The third-order valence-corrected chi connectivity index (χ3v) is 2.40. The second kappa shape index (κ2) is 4.36. The molecule has 0 heterocycles. The van der Waals surface area contributed by atoms with E-state index in [2.05, 4.69) is 0 Å². The van der Waals surface area contributed by atoms with Crippen LogP contribution in [-0.4, -0.2) is 11.3 Å². The molecule has 0 aliphatic heterocycles. The maximum atomic E-state index is 10.5. The van der Waals surface area contributed by atoms with Gasteiger partial charge in [0.15, 0.2) is 6.40 Å². The van der Waals surface area contributed by atoms with E-state index in [-0.39, 0.29) is 5.69 Å². The normalized spacial score (nSPS) is 9.57. The van der Waals surface area contributed by atoms with Crippen LogP contribution in [0.5, 0.6) is 5.75 Å². The van der Waals surface area contributed by atoms with E-state index >= 15 is 0 Å². The van der Waals surface area contributed by atoms with Crippen LogP contribution in [0.1, 0.15) is 5.56 Å². The summed E-state index contributed by atoms with van der Waals surface area (Å²) in [6, 6.07) is 2.83. The van der Waals surface area contributed by atoms with E-state index in [1.165, 1.54) is 12.1 Å². The zero-order valence-electron chi connectivity index (χ0n) is 7.28. The molecule has 0 saturated carbocycles. The van der Waals surface area contributed by atoms with Gasteiger partial charge in [0.25, 0.3) is 5.69 Å². The van der Waals surface area contributed by atoms with Crippen molar-refractivity contribution in [3.63, 3.8) is 0 Å². The first-order chi connectivity index (χ1) is 6.56. The summed E-state index contributed by atoms with van der Waals surface area (Å²) in [5, 5.41) is 17.3. The maximum Gasteiger partial charge on any atom is 0.271 e. The first-order valence-electron chi connectivity index (χ1n) is 3.66. The van der Waals surface area contributed by atoms with Crippen molar-refractivity contribution in [1.29, 1.82) is 5.41 Å². The first kappa shape index (κ1) is 10.9. The number of hydrogen-bond donors (Lipinski definition) is 1. The van der Waals surface area contributed by atoms with E-state index in [0.717, 1.165) is 6.40 Å². The predicted octanol–water partition coefficient (Wildman–Crippen LogP) is 2.49. The lowest BCUT2D eigenvalue weighted by molar-refractivity contribution is -0.385. The minimum atomic E-state index is -0.455. The molecule has 74 valence electrons. The van der Waals surface area contributed by atoms with Gasteiger partial charge in [0.1, 0.15) is 5.75 Å². The van der Waals surface area contributed by atoms with Crippen LogP contribution in [0.3, 0.4) is 0 Å². The monoisotopic (exact) mass is 306 g/mol. The number of nitrogens with one attached hydrogen (secondary N) is 1. The molecular weight excluding hydrogens is 299 g/mol. The summed E-state index contributed by atoms with van der Waals surface area (Å²) in [6.07, 6.45) is 0.802. The average Bonchev–Trinajstić information content (AvgIpc) is 2.10. The van der Waals surface area contributed by atoms with E-state index in [9.17, 15) is 10.1 Å². The first-order valence-corrected chi connectivity index (χ1v) is 4.74. The van der Waals surface area contributed by atoms with Gasteiger partial charge in [-0.05, 0) is 35.1 Å². The summed E-state index contributed by atoms with van der Waals surface area (Å²) in [7, 11) is 0. The zero-order valence-corrected chi connectivity index (χ0v) is 9.44. The molecule has 1 rings (SSSR count). The molecule has 5 nitrogen and oxygen atoms in total. The Hall–Kier alpha value is -1.18. The Morgan fingerprint density at radius 1 is 1.64 bits per heavy atom. The molecule has 1 N–H and O–H groups in total. The smallest absolute Gasteiger partial charge is 0.271 e. The molecule has 0 aromatic heterocycles. The molecule has 0 atom stereocenters. The fourth-order valence-corrected chi connectivity index (χ4v) is 1.90. The number of ether oxygens (including phenoxy) is 1. The van der Waals surface area contributed by atoms with Gasteiger partial charge in [-0.2, -0.15) is 0 Å². The summed E-state index contributed by atoms with van der Waals surface area (Å²) in [4.78, 5) is 10.0. The minimum absolute atomic E-state index is 0.0317. The second-order valence-corrected chi connectivity index (χ2v) is 3.73. The lowest BCUT2D eigenvalue weighted by Crippen LogP contribution is -1.96. The Balaban J connectivity index is 3.24. The Labute approximate surface area is 93.9 Å². The Morgan fingerprint density at radius 3 is 2.71 bits per heavy atom. The number of nitro benzene ring substituents is 1. The third-order valence-electron chi connectivity index (χ3n) is 1.60. The van der Waals surface area contributed by atoms with Crippen molar-refractivity contribution in [3.8, 4) is 5.75 Å². The molecule has 0 bridgehead atoms. The summed E-state index contributed by atoms with van der Waals surface area (Å²) in [5.41, 5.74) is 0.677. The van der Waals surface area contributed by atoms with Gasteiger partial charge in [-0.3, -0.25) is 15.5 Å². The molecule has 0 spiro atoms. The number of rotatable bonds is 3. The van der Waals surface area contributed by atoms with Gasteiger partial charge in [0.2, 0.25) is 0 Å². The van der Waals surface area contributed by atoms with Gasteiger partial charge in [-0.15, -0.1) is 0 Å². The topological polar surface area (TPSA) is 76.2 Å². The highest BCUT2D eigenvalue weighted by Crippen LogP contribution is 2.29. The second-order valence-electron chi connectivity index (χ2n) is 2.57. The van der Waals surface area contributed by atoms with E-state index in [1.807, 2.05) is 22.6 Å².